The quantitative estimate of drug-likeness (QED) is 0.618. The number of aromatic nitrogens is 1. The number of nitrogens with one attached hydrogen (secondary N) is 1. The lowest BCUT2D eigenvalue weighted by molar-refractivity contribution is 0.255. The molecule has 2 heterocycles. The molecular weight excluding hydrogens is 338 g/mol. The van der Waals surface area contributed by atoms with E-state index in [1.54, 1.807) is 0 Å². The van der Waals surface area contributed by atoms with E-state index in [1.807, 2.05) is 11.3 Å². The van der Waals surface area contributed by atoms with Gasteiger partial charge in [0.15, 0.2) is 0 Å². The molecule has 1 saturated heterocycles. The lowest BCUT2D eigenvalue weighted by Gasteiger charge is -2.24. The minimum atomic E-state index is 0.505. The van der Waals surface area contributed by atoms with Crippen molar-refractivity contribution in [1.29, 1.82) is 0 Å². The summed E-state index contributed by atoms with van der Waals surface area (Å²) in [5.74, 6) is 0. The van der Waals surface area contributed by atoms with E-state index in [0.717, 1.165) is 31.4 Å². The molecule has 4 heteroatoms. The van der Waals surface area contributed by atoms with E-state index in [4.69, 9.17) is 4.98 Å². The van der Waals surface area contributed by atoms with Gasteiger partial charge in [-0.25, -0.2) is 4.98 Å². The van der Waals surface area contributed by atoms with E-state index >= 15 is 0 Å². The second-order valence-electron chi connectivity index (χ2n) is 7.20. The molecule has 1 aliphatic rings. The number of thiazole rings is 1. The van der Waals surface area contributed by atoms with Crippen LogP contribution in [0.3, 0.4) is 0 Å². The third kappa shape index (κ3) is 4.14. The zero-order chi connectivity index (χ0) is 17.8. The SMILES string of the molecule is C[C@@H](c1ccccc1)N1CC[C@@H](NCCCc2nc3ccccc3s2)C1. The number of benzene rings is 2. The Kier molecular flexibility index (Phi) is 5.63. The Labute approximate surface area is 160 Å². The Morgan fingerprint density at radius 1 is 1.15 bits per heavy atom. The van der Waals surface area contributed by atoms with Gasteiger partial charge in [-0.05, 0) is 44.0 Å². The number of rotatable bonds is 7. The zero-order valence-corrected chi connectivity index (χ0v) is 16.2. The van der Waals surface area contributed by atoms with E-state index in [0.29, 0.717) is 12.1 Å². The van der Waals surface area contributed by atoms with Crippen LogP contribution in [0.5, 0.6) is 0 Å². The maximum Gasteiger partial charge on any atom is 0.0939 e. The van der Waals surface area contributed by atoms with Gasteiger partial charge in [-0.1, -0.05) is 42.5 Å². The summed E-state index contributed by atoms with van der Waals surface area (Å²) in [4.78, 5) is 7.33. The fourth-order valence-corrected chi connectivity index (χ4v) is 4.83. The fourth-order valence-electron chi connectivity index (χ4n) is 3.82. The van der Waals surface area contributed by atoms with Crippen molar-refractivity contribution in [1.82, 2.24) is 15.2 Å². The van der Waals surface area contributed by atoms with Crippen LogP contribution >= 0.6 is 11.3 Å². The van der Waals surface area contributed by atoms with E-state index in [1.165, 1.54) is 28.2 Å². The van der Waals surface area contributed by atoms with Crippen LogP contribution in [0.2, 0.25) is 0 Å². The highest BCUT2D eigenvalue weighted by atomic mass is 32.1. The molecule has 2 atom stereocenters. The summed E-state index contributed by atoms with van der Waals surface area (Å²) in [6, 6.07) is 20.4. The first-order valence-corrected chi connectivity index (χ1v) is 10.5. The van der Waals surface area contributed by atoms with E-state index < -0.39 is 0 Å². The third-order valence-electron chi connectivity index (χ3n) is 5.39. The third-order valence-corrected chi connectivity index (χ3v) is 6.48. The van der Waals surface area contributed by atoms with Crippen molar-refractivity contribution in [2.75, 3.05) is 19.6 Å². The zero-order valence-electron chi connectivity index (χ0n) is 15.4. The molecule has 0 unspecified atom stereocenters. The predicted molar refractivity (Wildman–Crippen MR) is 111 cm³/mol. The second kappa shape index (κ2) is 8.30. The van der Waals surface area contributed by atoms with Crippen LogP contribution in [-0.4, -0.2) is 35.6 Å². The van der Waals surface area contributed by atoms with Crippen LogP contribution in [0, 0.1) is 0 Å². The van der Waals surface area contributed by atoms with Gasteiger partial charge in [0, 0.05) is 31.6 Å². The molecule has 0 saturated carbocycles. The van der Waals surface area contributed by atoms with E-state index in [-0.39, 0.29) is 0 Å². The van der Waals surface area contributed by atoms with E-state index in [9.17, 15) is 0 Å². The number of para-hydroxylation sites is 1. The van der Waals surface area contributed by atoms with Crippen LogP contribution in [0.15, 0.2) is 54.6 Å². The van der Waals surface area contributed by atoms with Gasteiger partial charge in [0.2, 0.25) is 0 Å². The van der Waals surface area contributed by atoms with Crippen LogP contribution in [0.4, 0.5) is 0 Å². The standard InChI is InChI=1S/C22H27N3S/c1-17(18-8-3-2-4-9-18)25-15-13-19(16-25)23-14-7-12-22-24-20-10-5-6-11-21(20)26-22/h2-6,8-11,17,19,23H,7,12-16H2,1H3/t17-,19+/m0/s1. The number of likely N-dealkylation sites (tertiary alicyclic amines) is 1. The Morgan fingerprint density at radius 3 is 2.81 bits per heavy atom. The van der Waals surface area contributed by atoms with Gasteiger partial charge >= 0.3 is 0 Å². The topological polar surface area (TPSA) is 28.2 Å². The summed E-state index contributed by atoms with van der Waals surface area (Å²) in [5, 5.41) is 5.02. The largest absolute Gasteiger partial charge is 0.313 e. The Morgan fingerprint density at radius 2 is 1.96 bits per heavy atom. The van der Waals surface area contributed by atoms with Gasteiger partial charge in [0.05, 0.1) is 15.2 Å². The molecule has 0 aliphatic carbocycles. The smallest absolute Gasteiger partial charge is 0.0939 e. The van der Waals surface area contributed by atoms with Crippen molar-refractivity contribution in [3.05, 3.63) is 65.2 Å². The van der Waals surface area contributed by atoms with Crippen molar-refractivity contribution >= 4 is 21.6 Å². The van der Waals surface area contributed by atoms with E-state index in [2.05, 4.69) is 71.7 Å². The summed E-state index contributed by atoms with van der Waals surface area (Å²) in [6.07, 6.45) is 3.48. The van der Waals surface area contributed by atoms with Crippen molar-refractivity contribution < 1.29 is 0 Å². The molecule has 1 N–H and O–H groups in total. The Bertz CT molecular complexity index is 797. The van der Waals surface area contributed by atoms with Crippen LogP contribution in [0.25, 0.3) is 10.2 Å². The summed E-state index contributed by atoms with van der Waals surface area (Å²) < 4.78 is 1.30. The highest BCUT2D eigenvalue weighted by Crippen LogP contribution is 2.25. The van der Waals surface area contributed by atoms with Crippen LogP contribution in [-0.2, 0) is 6.42 Å². The van der Waals surface area contributed by atoms with Crippen molar-refractivity contribution in [3.8, 4) is 0 Å². The lowest BCUT2D eigenvalue weighted by atomic mass is 10.1. The molecule has 3 aromatic rings. The maximum absolute atomic E-state index is 4.73. The normalized spacial score (nSPS) is 19.2. The van der Waals surface area contributed by atoms with Crippen molar-refractivity contribution in [2.45, 2.75) is 38.3 Å². The monoisotopic (exact) mass is 365 g/mol. The van der Waals surface area contributed by atoms with Crippen molar-refractivity contribution in [2.24, 2.45) is 0 Å². The summed E-state index contributed by atoms with van der Waals surface area (Å²) in [7, 11) is 0. The number of nitrogens with zero attached hydrogens (tertiary/aromatic N) is 2. The number of hydrogen-bond donors (Lipinski definition) is 1. The number of aryl methyl sites for hydroxylation is 1. The van der Waals surface area contributed by atoms with Gasteiger partial charge in [0.25, 0.3) is 0 Å². The average molecular weight is 366 g/mol. The number of fused-ring (bicyclic) bond motifs is 1. The summed E-state index contributed by atoms with van der Waals surface area (Å²) >= 11 is 1.83. The first kappa shape index (κ1) is 17.7. The molecule has 1 aromatic heterocycles. The van der Waals surface area contributed by atoms with Crippen LogP contribution in [0.1, 0.15) is 36.4 Å². The summed E-state index contributed by atoms with van der Waals surface area (Å²) in [6.45, 7) is 5.74. The van der Waals surface area contributed by atoms with Gasteiger partial charge in [0.1, 0.15) is 0 Å². The average Bonchev–Trinajstić information content (AvgIpc) is 3.32. The van der Waals surface area contributed by atoms with Gasteiger partial charge in [-0.3, -0.25) is 4.90 Å². The molecule has 1 aliphatic heterocycles. The minimum Gasteiger partial charge on any atom is -0.313 e. The second-order valence-corrected chi connectivity index (χ2v) is 8.32. The van der Waals surface area contributed by atoms with Gasteiger partial charge < -0.3 is 5.32 Å². The molecule has 3 nitrogen and oxygen atoms in total. The van der Waals surface area contributed by atoms with Gasteiger partial charge in [-0.2, -0.15) is 0 Å². The lowest BCUT2D eigenvalue weighted by Crippen LogP contribution is -2.34. The molecule has 26 heavy (non-hydrogen) atoms. The first-order valence-electron chi connectivity index (χ1n) is 9.66. The minimum absolute atomic E-state index is 0.505. The predicted octanol–water partition coefficient (Wildman–Crippen LogP) is 4.65. The molecule has 136 valence electrons. The molecule has 0 amide bonds. The van der Waals surface area contributed by atoms with Gasteiger partial charge in [-0.15, -0.1) is 11.3 Å². The van der Waals surface area contributed by atoms with Crippen molar-refractivity contribution in [3.63, 3.8) is 0 Å². The summed E-state index contributed by atoms with van der Waals surface area (Å²) in [5.41, 5.74) is 2.56. The highest BCUT2D eigenvalue weighted by molar-refractivity contribution is 7.18. The number of hydrogen-bond acceptors (Lipinski definition) is 4. The molecule has 2 aromatic carbocycles. The first-order chi connectivity index (χ1) is 12.8. The Balaban J connectivity index is 1.21. The molecule has 1 fully saturated rings. The molecule has 0 spiro atoms. The fraction of sp³-hybridized carbons (Fsp3) is 0.409. The molecule has 0 bridgehead atoms. The van der Waals surface area contributed by atoms with Crippen LogP contribution < -0.4 is 5.32 Å². The molecular formula is C22H27N3S. The maximum atomic E-state index is 4.73. The molecule has 0 radical (unpaired) electrons. The highest BCUT2D eigenvalue weighted by Gasteiger charge is 2.26. The molecule has 4 rings (SSSR count). The Hall–Kier alpha value is -1.75.